The first-order valence-electron chi connectivity index (χ1n) is 6.80. The van der Waals surface area contributed by atoms with E-state index in [1.807, 2.05) is 12.3 Å². The van der Waals surface area contributed by atoms with Gasteiger partial charge in [-0.3, -0.25) is 4.98 Å². The summed E-state index contributed by atoms with van der Waals surface area (Å²) < 4.78 is 0. The van der Waals surface area contributed by atoms with Crippen LogP contribution in [0.1, 0.15) is 16.7 Å². The Bertz CT molecular complexity index is 777. The van der Waals surface area contributed by atoms with Gasteiger partial charge in [0.1, 0.15) is 0 Å². The third-order valence-electron chi connectivity index (χ3n) is 4.14. The van der Waals surface area contributed by atoms with Gasteiger partial charge in [-0.2, -0.15) is 0 Å². The number of aromatic nitrogens is 1. The molecule has 0 N–H and O–H groups in total. The van der Waals surface area contributed by atoms with E-state index in [4.69, 9.17) is 0 Å². The zero-order valence-electron chi connectivity index (χ0n) is 11.0. The van der Waals surface area contributed by atoms with E-state index in [-0.39, 0.29) is 0 Å². The van der Waals surface area contributed by atoms with Gasteiger partial charge in [-0.1, -0.05) is 36.4 Å². The molecule has 2 aromatic carbocycles. The molecule has 0 spiro atoms. The molecule has 4 rings (SSSR count). The van der Waals surface area contributed by atoms with Gasteiger partial charge < -0.3 is 0 Å². The SMILES string of the molecule is Cc1cccnc1-c1ccc2c3c(cccc13)CC2. The van der Waals surface area contributed by atoms with E-state index in [2.05, 4.69) is 48.3 Å². The first-order chi connectivity index (χ1) is 9.34. The number of hydrogen-bond donors (Lipinski definition) is 0. The van der Waals surface area contributed by atoms with Crippen molar-refractivity contribution >= 4 is 10.8 Å². The van der Waals surface area contributed by atoms with Crippen molar-refractivity contribution in [3.05, 3.63) is 65.4 Å². The van der Waals surface area contributed by atoms with Crippen LogP contribution in [0.5, 0.6) is 0 Å². The first-order valence-corrected chi connectivity index (χ1v) is 6.80. The van der Waals surface area contributed by atoms with Gasteiger partial charge in [0, 0.05) is 11.8 Å². The Morgan fingerprint density at radius 2 is 1.74 bits per heavy atom. The van der Waals surface area contributed by atoms with Gasteiger partial charge in [-0.05, 0) is 53.3 Å². The Morgan fingerprint density at radius 3 is 2.58 bits per heavy atom. The molecule has 1 aliphatic rings. The van der Waals surface area contributed by atoms with Gasteiger partial charge in [0.25, 0.3) is 0 Å². The van der Waals surface area contributed by atoms with Gasteiger partial charge in [0.15, 0.2) is 0 Å². The molecule has 1 nitrogen and oxygen atoms in total. The topological polar surface area (TPSA) is 12.9 Å². The number of benzene rings is 2. The third kappa shape index (κ3) is 1.51. The highest BCUT2D eigenvalue weighted by Crippen LogP contribution is 2.37. The van der Waals surface area contributed by atoms with Gasteiger partial charge in [-0.25, -0.2) is 0 Å². The van der Waals surface area contributed by atoms with Crippen LogP contribution < -0.4 is 0 Å². The van der Waals surface area contributed by atoms with Crippen LogP contribution in [0.4, 0.5) is 0 Å². The molecule has 0 radical (unpaired) electrons. The molecule has 19 heavy (non-hydrogen) atoms. The lowest BCUT2D eigenvalue weighted by molar-refractivity contribution is 1.02. The lowest BCUT2D eigenvalue weighted by Gasteiger charge is -2.10. The summed E-state index contributed by atoms with van der Waals surface area (Å²) in [6.07, 6.45) is 4.24. The van der Waals surface area contributed by atoms with E-state index >= 15 is 0 Å². The van der Waals surface area contributed by atoms with E-state index in [0.717, 1.165) is 5.69 Å². The maximum Gasteiger partial charge on any atom is 0.0737 e. The molecule has 0 atom stereocenters. The van der Waals surface area contributed by atoms with E-state index in [9.17, 15) is 0 Å². The van der Waals surface area contributed by atoms with Crippen LogP contribution in [0, 0.1) is 6.92 Å². The highest BCUT2D eigenvalue weighted by atomic mass is 14.7. The van der Waals surface area contributed by atoms with Crippen molar-refractivity contribution in [1.82, 2.24) is 4.98 Å². The number of rotatable bonds is 1. The standard InChI is InChI=1S/C18H15N/c1-12-4-3-11-19-18(12)16-10-9-14-8-7-13-5-2-6-15(16)17(13)14/h2-6,9-11H,7-8H2,1H3. The minimum atomic E-state index is 1.11. The van der Waals surface area contributed by atoms with E-state index in [1.54, 1.807) is 0 Å². The van der Waals surface area contributed by atoms with Crippen molar-refractivity contribution in [2.45, 2.75) is 19.8 Å². The van der Waals surface area contributed by atoms with Crippen LogP contribution in [0.2, 0.25) is 0 Å². The molecule has 92 valence electrons. The minimum Gasteiger partial charge on any atom is -0.256 e. The summed E-state index contributed by atoms with van der Waals surface area (Å²) in [5.41, 5.74) is 6.59. The molecule has 1 aromatic heterocycles. The van der Waals surface area contributed by atoms with Crippen molar-refractivity contribution in [1.29, 1.82) is 0 Å². The monoisotopic (exact) mass is 245 g/mol. The minimum absolute atomic E-state index is 1.11. The molecule has 3 aromatic rings. The van der Waals surface area contributed by atoms with Crippen LogP contribution in [-0.2, 0) is 12.8 Å². The lowest BCUT2D eigenvalue weighted by Crippen LogP contribution is -1.90. The second-order valence-corrected chi connectivity index (χ2v) is 5.28. The highest BCUT2D eigenvalue weighted by molar-refractivity contribution is 6.01. The third-order valence-corrected chi connectivity index (χ3v) is 4.14. The summed E-state index contributed by atoms with van der Waals surface area (Å²) in [6, 6.07) is 15.3. The summed E-state index contributed by atoms with van der Waals surface area (Å²) in [4.78, 5) is 4.58. The summed E-state index contributed by atoms with van der Waals surface area (Å²) in [5, 5.41) is 2.82. The summed E-state index contributed by atoms with van der Waals surface area (Å²) in [6.45, 7) is 2.13. The summed E-state index contributed by atoms with van der Waals surface area (Å²) >= 11 is 0. The van der Waals surface area contributed by atoms with Gasteiger partial charge in [0.2, 0.25) is 0 Å². The zero-order chi connectivity index (χ0) is 12.8. The van der Waals surface area contributed by atoms with E-state index in [1.165, 1.54) is 45.9 Å². The molecule has 0 saturated heterocycles. The fourth-order valence-corrected chi connectivity index (χ4v) is 3.22. The average Bonchev–Trinajstić information content (AvgIpc) is 2.86. The van der Waals surface area contributed by atoms with Gasteiger partial charge in [0.05, 0.1) is 5.69 Å². The summed E-state index contributed by atoms with van der Waals surface area (Å²) in [5.74, 6) is 0. The van der Waals surface area contributed by atoms with Crippen molar-refractivity contribution in [3.63, 3.8) is 0 Å². The highest BCUT2D eigenvalue weighted by Gasteiger charge is 2.17. The van der Waals surface area contributed by atoms with Crippen LogP contribution in [0.15, 0.2) is 48.7 Å². The smallest absolute Gasteiger partial charge is 0.0737 e. The maximum absolute atomic E-state index is 4.58. The molecule has 0 amide bonds. The van der Waals surface area contributed by atoms with Crippen molar-refractivity contribution in [2.75, 3.05) is 0 Å². The van der Waals surface area contributed by atoms with Crippen LogP contribution in [-0.4, -0.2) is 4.98 Å². The fraction of sp³-hybridized carbons (Fsp3) is 0.167. The van der Waals surface area contributed by atoms with E-state index in [0.29, 0.717) is 0 Å². The molecule has 0 bridgehead atoms. The Balaban J connectivity index is 2.10. The molecule has 0 saturated carbocycles. The van der Waals surface area contributed by atoms with Gasteiger partial charge >= 0.3 is 0 Å². The quantitative estimate of drug-likeness (QED) is 0.622. The molecule has 0 aliphatic heterocycles. The van der Waals surface area contributed by atoms with E-state index < -0.39 is 0 Å². The normalized spacial score (nSPS) is 13.1. The molecule has 0 unspecified atom stereocenters. The number of nitrogens with zero attached hydrogens (tertiary/aromatic N) is 1. The Hall–Kier alpha value is -2.15. The zero-order valence-corrected chi connectivity index (χ0v) is 11.0. The predicted molar refractivity (Wildman–Crippen MR) is 79.3 cm³/mol. The summed E-state index contributed by atoms with van der Waals surface area (Å²) in [7, 11) is 0. The van der Waals surface area contributed by atoms with Gasteiger partial charge in [-0.15, -0.1) is 0 Å². The Morgan fingerprint density at radius 1 is 0.895 bits per heavy atom. The van der Waals surface area contributed by atoms with Crippen molar-refractivity contribution in [2.24, 2.45) is 0 Å². The maximum atomic E-state index is 4.58. The number of pyridine rings is 1. The van der Waals surface area contributed by atoms with Crippen molar-refractivity contribution < 1.29 is 0 Å². The molecular formula is C18H15N. The average molecular weight is 245 g/mol. The predicted octanol–water partition coefficient (Wildman–Crippen LogP) is 4.31. The molecular weight excluding hydrogens is 230 g/mol. The molecule has 0 fully saturated rings. The first kappa shape index (κ1) is 10.7. The lowest BCUT2D eigenvalue weighted by atomic mass is 9.96. The van der Waals surface area contributed by atoms with Crippen LogP contribution >= 0.6 is 0 Å². The Labute approximate surface area is 112 Å². The van der Waals surface area contributed by atoms with Crippen LogP contribution in [0.3, 0.4) is 0 Å². The van der Waals surface area contributed by atoms with Crippen LogP contribution in [0.25, 0.3) is 22.0 Å². The number of aryl methyl sites for hydroxylation is 3. The number of hydrogen-bond acceptors (Lipinski definition) is 1. The largest absolute Gasteiger partial charge is 0.256 e. The second-order valence-electron chi connectivity index (χ2n) is 5.28. The van der Waals surface area contributed by atoms with Crippen molar-refractivity contribution in [3.8, 4) is 11.3 Å². The molecule has 1 heterocycles. The second kappa shape index (κ2) is 3.92. The molecule has 1 aliphatic carbocycles. The molecule has 1 heteroatoms. The fourth-order valence-electron chi connectivity index (χ4n) is 3.22. The Kier molecular flexibility index (Phi) is 2.22.